The molecule has 5 heteroatoms. The highest BCUT2D eigenvalue weighted by Gasteiger charge is 2.13. The van der Waals surface area contributed by atoms with Crippen molar-refractivity contribution in [3.8, 4) is 5.75 Å². The van der Waals surface area contributed by atoms with E-state index in [9.17, 15) is 4.79 Å². The first-order valence-corrected chi connectivity index (χ1v) is 7.82. The molecule has 0 aliphatic rings. The monoisotopic (exact) mass is 333 g/mol. The van der Waals surface area contributed by atoms with E-state index in [0.29, 0.717) is 17.4 Å². The maximum atomic E-state index is 10.8. The molecule has 23 heavy (non-hydrogen) atoms. The zero-order valence-electron chi connectivity index (χ0n) is 13.1. The Balaban J connectivity index is 1.84. The van der Waals surface area contributed by atoms with Crippen LogP contribution in [0, 0.1) is 5.92 Å². The molecule has 0 spiro atoms. The van der Waals surface area contributed by atoms with Crippen LogP contribution in [0.3, 0.4) is 0 Å². The largest absolute Gasteiger partial charge is 0.493 e. The van der Waals surface area contributed by atoms with Crippen molar-refractivity contribution in [3.05, 3.63) is 59.1 Å². The first-order valence-electron chi connectivity index (χ1n) is 7.44. The van der Waals surface area contributed by atoms with Crippen molar-refractivity contribution >= 4 is 23.3 Å². The predicted octanol–water partition coefficient (Wildman–Crippen LogP) is 4.55. The average Bonchev–Trinajstić information content (AvgIpc) is 2.55. The molecule has 2 aromatic rings. The fourth-order valence-corrected chi connectivity index (χ4v) is 2.14. The molecular formula is C18H20ClNO3. The molecule has 0 aliphatic carbocycles. The Bertz CT molecular complexity index is 640. The normalized spacial score (nSPS) is 13.2. The van der Waals surface area contributed by atoms with Gasteiger partial charge < -0.3 is 15.2 Å². The average molecular weight is 334 g/mol. The summed E-state index contributed by atoms with van der Waals surface area (Å²) in [5, 5.41) is 13.0. The number of nitrogens with one attached hydrogen (secondary N) is 1. The maximum Gasteiger partial charge on any atom is 0.335 e. The summed E-state index contributed by atoms with van der Waals surface area (Å²) in [4.78, 5) is 10.8. The number of carboxylic acids is 1. The molecule has 2 unspecified atom stereocenters. The van der Waals surface area contributed by atoms with Crippen LogP contribution in [-0.4, -0.2) is 23.7 Å². The van der Waals surface area contributed by atoms with Crippen molar-refractivity contribution in [2.45, 2.75) is 19.9 Å². The molecule has 0 bridgehead atoms. The molecule has 0 heterocycles. The van der Waals surface area contributed by atoms with E-state index in [2.05, 4.69) is 19.2 Å². The predicted molar refractivity (Wildman–Crippen MR) is 92.6 cm³/mol. The van der Waals surface area contributed by atoms with Gasteiger partial charge in [0.05, 0.1) is 12.2 Å². The van der Waals surface area contributed by atoms with E-state index < -0.39 is 5.97 Å². The summed E-state index contributed by atoms with van der Waals surface area (Å²) >= 11 is 5.87. The minimum atomic E-state index is -0.939. The van der Waals surface area contributed by atoms with E-state index in [0.717, 1.165) is 5.69 Å². The lowest BCUT2D eigenvalue weighted by molar-refractivity contribution is 0.0697. The molecule has 2 atom stereocenters. The molecule has 0 amide bonds. The van der Waals surface area contributed by atoms with Crippen molar-refractivity contribution in [1.82, 2.24) is 0 Å². The number of ether oxygens (including phenoxy) is 1. The molecule has 2 N–H and O–H groups in total. The summed E-state index contributed by atoms with van der Waals surface area (Å²) < 4.78 is 5.73. The van der Waals surface area contributed by atoms with Gasteiger partial charge in [0.25, 0.3) is 0 Å². The Kier molecular flexibility index (Phi) is 5.88. The van der Waals surface area contributed by atoms with Gasteiger partial charge in [0, 0.05) is 22.7 Å². The number of hydrogen-bond acceptors (Lipinski definition) is 3. The van der Waals surface area contributed by atoms with Crippen molar-refractivity contribution in [3.63, 3.8) is 0 Å². The quantitative estimate of drug-likeness (QED) is 0.780. The van der Waals surface area contributed by atoms with Crippen LogP contribution in [0.2, 0.25) is 5.02 Å². The van der Waals surface area contributed by atoms with E-state index in [1.165, 1.54) is 12.1 Å². The number of hydrogen-bond donors (Lipinski definition) is 2. The van der Waals surface area contributed by atoms with Crippen LogP contribution in [0.4, 0.5) is 5.69 Å². The third-order valence-electron chi connectivity index (χ3n) is 3.71. The lowest BCUT2D eigenvalue weighted by Gasteiger charge is -2.22. The van der Waals surface area contributed by atoms with Crippen LogP contribution < -0.4 is 10.1 Å². The van der Waals surface area contributed by atoms with E-state index in [-0.39, 0.29) is 17.5 Å². The smallest absolute Gasteiger partial charge is 0.335 e. The minimum absolute atomic E-state index is 0.217. The maximum absolute atomic E-state index is 10.8. The van der Waals surface area contributed by atoms with Gasteiger partial charge in [-0.25, -0.2) is 4.79 Å². The molecular weight excluding hydrogens is 314 g/mol. The second kappa shape index (κ2) is 7.88. The van der Waals surface area contributed by atoms with Crippen LogP contribution in [0.1, 0.15) is 24.2 Å². The van der Waals surface area contributed by atoms with Crippen LogP contribution >= 0.6 is 11.6 Å². The molecule has 0 aliphatic heterocycles. The lowest BCUT2D eigenvalue weighted by Crippen LogP contribution is -2.28. The molecule has 0 saturated heterocycles. The standard InChI is InChI=1S/C18H20ClNO3/c1-12(13(2)20-16-7-5-15(19)6-8-16)11-23-17-9-3-14(4-10-17)18(21)22/h3-10,12-13,20H,11H2,1-2H3,(H,21,22). The fourth-order valence-electron chi connectivity index (χ4n) is 2.02. The van der Waals surface area contributed by atoms with Gasteiger partial charge in [0.15, 0.2) is 0 Å². The van der Waals surface area contributed by atoms with E-state index in [1.807, 2.05) is 24.3 Å². The topological polar surface area (TPSA) is 58.6 Å². The van der Waals surface area contributed by atoms with Gasteiger partial charge in [0.1, 0.15) is 5.75 Å². The third-order valence-corrected chi connectivity index (χ3v) is 3.96. The van der Waals surface area contributed by atoms with Crippen molar-refractivity contribution in [2.24, 2.45) is 5.92 Å². The van der Waals surface area contributed by atoms with E-state index in [4.69, 9.17) is 21.4 Å². The number of benzene rings is 2. The van der Waals surface area contributed by atoms with Crippen molar-refractivity contribution < 1.29 is 14.6 Å². The summed E-state index contributed by atoms with van der Waals surface area (Å²) in [5.74, 6) is -0.00363. The number of aromatic carboxylic acids is 1. The molecule has 2 aromatic carbocycles. The Morgan fingerprint density at radius 3 is 2.30 bits per heavy atom. The van der Waals surface area contributed by atoms with Gasteiger partial charge in [0.2, 0.25) is 0 Å². The zero-order valence-corrected chi connectivity index (χ0v) is 13.9. The van der Waals surface area contributed by atoms with Gasteiger partial charge >= 0.3 is 5.97 Å². The highest BCUT2D eigenvalue weighted by Crippen LogP contribution is 2.18. The Labute approximate surface area is 141 Å². The highest BCUT2D eigenvalue weighted by atomic mass is 35.5. The first kappa shape index (κ1) is 17.2. The number of carboxylic acid groups (broad SMARTS) is 1. The van der Waals surface area contributed by atoms with Gasteiger partial charge in [-0.05, 0) is 55.5 Å². The zero-order chi connectivity index (χ0) is 16.8. The van der Waals surface area contributed by atoms with Crippen LogP contribution in [0.5, 0.6) is 5.75 Å². The Morgan fingerprint density at radius 1 is 1.13 bits per heavy atom. The van der Waals surface area contributed by atoms with Gasteiger partial charge in [-0.1, -0.05) is 18.5 Å². The third kappa shape index (κ3) is 5.18. The van der Waals surface area contributed by atoms with Crippen LogP contribution in [0.15, 0.2) is 48.5 Å². The van der Waals surface area contributed by atoms with Crippen molar-refractivity contribution in [1.29, 1.82) is 0 Å². The number of anilines is 1. The Morgan fingerprint density at radius 2 is 1.74 bits per heavy atom. The lowest BCUT2D eigenvalue weighted by atomic mass is 10.0. The van der Waals surface area contributed by atoms with Crippen LogP contribution in [0.25, 0.3) is 0 Å². The molecule has 0 radical (unpaired) electrons. The molecule has 2 rings (SSSR count). The first-order chi connectivity index (χ1) is 11.0. The van der Waals surface area contributed by atoms with Gasteiger partial charge in [-0.3, -0.25) is 0 Å². The second-order valence-corrected chi connectivity index (χ2v) is 5.99. The number of halogens is 1. The van der Waals surface area contributed by atoms with Gasteiger partial charge in [-0.15, -0.1) is 0 Å². The molecule has 122 valence electrons. The molecule has 0 saturated carbocycles. The SMILES string of the molecule is CC(COc1ccc(C(=O)O)cc1)C(C)Nc1ccc(Cl)cc1. The number of carbonyl (C=O) groups is 1. The van der Waals surface area contributed by atoms with Gasteiger partial charge in [-0.2, -0.15) is 0 Å². The Hall–Kier alpha value is -2.20. The molecule has 4 nitrogen and oxygen atoms in total. The van der Waals surface area contributed by atoms with Crippen molar-refractivity contribution in [2.75, 3.05) is 11.9 Å². The summed E-state index contributed by atoms with van der Waals surface area (Å²) in [7, 11) is 0. The van der Waals surface area contributed by atoms with E-state index in [1.54, 1.807) is 12.1 Å². The molecule has 0 aromatic heterocycles. The van der Waals surface area contributed by atoms with E-state index >= 15 is 0 Å². The summed E-state index contributed by atoms with van der Waals surface area (Å²) in [6, 6.07) is 14.2. The number of rotatable bonds is 7. The van der Waals surface area contributed by atoms with Crippen LogP contribution in [-0.2, 0) is 0 Å². The highest BCUT2D eigenvalue weighted by molar-refractivity contribution is 6.30. The summed E-state index contributed by atoms with van der Waals surface area (Å²) in [6.45, 7) is 4.73. The summed E-state index contributed by atoms with van der Waals surface area (Å²) in [5.41, 5.74) is 1.27. The minimum Gasteiger partial charge on any atom is -0.493 e. The molecule has 0 fully saturated rings. The summed E-state index contributed by atoms with van der Waals surface area (Å²) in [6.07, 6.45) is 0. The second-order valence-electron chi connectivity index (χ2n) is 5.56. The fraction of sp³-hybridized carbons (Fsp3) is 0.278.